The second-order valence-electron chi connectivity index (χ2n) is 2.56. The summed E-state index contributed by atoms with van der Waals surface area (Å²) in [6.45, 7) is 3.45. The predicted octanol–water partition coefficient (Wildman–Crippen LogP) is 2.50. The molecule has 0 N–H and O–H groups in total. The molecule has 2 heteroatoms. The third kappa shape index (κ3) is 2.38. The van der Waals surface area contributed by atoms with E-state index in [2.05, 4.69) is 5.16 Å². The summed E-state index contributed by atoms with van der Waals surface area (Å²) >= 11 is 0. The van der Waals surface area contributed by atoms with Crippen molar-refractivity contribution in [2.75, 3.05) is 0 Å². The van der Waals surface area contributed by atoms with Gasteiger partial charge in [0.15, 0.2) is 6.61 Å². The van der Waals surface area contributed by atoms with Crippen molar-refractivity contribution in [3.8, 4) is 0 Å². The minimum Gasteiger partial charge on any atom is -0.389 e. The Bertz CT molecular complexity index is 112. The first kappa shape index (κ1) is 7.58. The lowest BCUT2D eigenvalue weighted by molar-refractivity contribution is 0.216. The highest BCUT2D eigenvalue weighted by Crippen LogP contribution is 2.14. The normalized spacial score (nSPS) is 18.7. The Hall–Kier alpha value is -0.530. The van der Waals surface area contributed by atoms with E-state index in [1.165, 1.54) is 25.0 Å². The monoisotopic (exact) mass is 140 g/mol. The summed E-state index contributed by atoms with van der Waals surface area (Å²) in [7, 11) is 0. The largest absolute Gasteiger partial charge is 0.389 e. The van der Waals surface area contributed by atoms with E-state index in [1.54, 1.807) is 6.61 Å². The molecule has 1 aliphatic carbocycles. The van der Waals surface area contributed by atoms with Crippen molar-refractivity contribution in [2.24, 2.45) is 5.16 Å². The maximum Gasteiger partial charge on any atom is 0.163 e. The zero-order valence-electron chi connectivity index (χ0n) is 6.47. The van der Waals surface area contributed by atoms with Crippen molar-refractivity contribution in [1.29, 1.82) is 0 Å². The molecule has 0 unspecified atom stereocenters. The van der Waals surface area contributed by atoms with Crippen LogP contribution in [-0.4, -0.2) is 5.71 Å². The van der Waals surface area contributed by atoms with Crippen LogP contribution in [0.3, 0.4) is 0 Å². The molecular weight excluding hydrogens is 126 g/mol. The zero-order chi connectivity index (χ0) is 7.23. The molecular formula is C8H14NO. The Morgan fingerprint density at radius 1 is 1.30 bits per heavy atom. The first-order chi connectivity index (χ1) is 4.93. The fraction of sp³-hybridized carbons (Fsp3) is 0.750. The lowest BCUT2D eigenvalue weighted by Gasteiger charge is -2.10. The van der Waals surface area contributed by atoms with Crippen LogP contribution in [0.1, 0.15) is 39.0 Å². The molecule has 0 spiro atoms. The smallest absolute Gasteiger partial charge is 0.163 e. The van der Waals surface area contributed by atoms with E-state index in [-0.39, 0.29) is 0 Å². The quantitative estimate of drug-likeness (QED) is 0.540. The first-order valence-corrected chi connectivity index (χ1v) is 3.93. The summed E-state index contributed by atoms with van der Waals surface area (Å²) in [4.78, 5) is 4.84. The van der Waals surface area contributed by atoms with Crippen LogP contribution in [0.4, 0.5) is 0 Å². The van der Waals surface area contributed by atoms with Crippen LogP contribution in [0.5, 0.6) is 0 Å². The Morgan fingerprint density at radius 3 is 2.60 bits per heavy atom. The number of hydrogen-bond donors (Lipinski definition) is 0. The van der Waals surface area contributed by atoms with Gasteiger partial charge in [0.05, 0.1) is 5.71 Å². The maximum absolute atomic E-state index is 4.84. The highest BCUT2D eigenvalue weighted by molar-refractivity contribution is 5.84. The predicted molar refractivity (Wildman–Crippen MR) is 41.6 cm³/mol. The number of rotatable bonds is 2. The molecule has 0 aromatic carbocycles. The van der Waals surface area contributed by atoms with Crippen molar-refractivity contribution < 1.29 is 4.84 Å². The minimum absolute atomic E-state index is 1.13. The van der Waals surface area contributed by atoms with Gasteiger partial charge in [0.1, 0.15) is 0 Å². The van der Waals surface area contributed by atoms with Gasteiger partial charge in [0, 0.05) is 0 Å². The van der Waals surface area contributed by atoms with Crippen LogP contribution in [0.15, 0.2) is 5.16 Å². The van der Waals surface area contributed by atoms with Crippen LogP contribution in [0.2, 0.25) is 0 Å². The lowest BCUT2D eigenvalue weighted by atomic mass is 9.99. The Balaban J connectivity index is 2.23. The average molecular weight is 140 g/mol. The molecule has 10 heavy (non-hydrogen) atoms. The van der Waals surface area contributed by atoms with Crippen LogP contribution < -0.4 is 0 Å². The number of hydrogen-bond acceptors (Lipinski definition) is 2. The van der Waals surface area contributed by atoms with Gasteiger partial charge >= 0.3 is 0 Å². The van der Waals surface area contributed by atoms with E-state index in [0.29, 0.717) is 0 Å². The zero-order valence-corrected chi connectivity index (χ0v) is 6.47. The molecule has 0 atom stereocenters. The summed E-state index contributed by atoms with van der Waals surface area (Å²) in [5, 5.41) is 3.96. The topological polar surface area (TPSA) is 21.6 Å². The third-order valence-electron chi connectivity index (χ3n) is 1.72. The van der Waals surface area contributed by atoms with Crippen LogP contribution >= 0.6 is 0 Å². The van der Waals surface area contributed by atoms with E-state index in [9.17, 15) is 0 Å². The van der Waals surface area contributed by atoms with Crippen LogP contribution in [0, 0.1) is 6.61 Å². The van der Waals surface area contributed by atoms with Gasteiger partial charge in [-0.15, -0.1) is 0 Å². The summed E-state index contributed by atoms with van der Waals surface area (Å²) in [6, 6.07) is 0. The summed E-state index contributed by atoms with van der Waals surface area (Å²) < 4.78 is 0. The summed E-state index contributed by atoms with van der Waals surface area (Å²) in [5.41, 5.74) is 1.23. The Kier molecular flexibility index (Phi) is 3.27. The molecule has 0 saturated heterocycles. The molecule has 2 nitrogen and oxygen atoms in total. The van der Waals surface area contributed by atoms with Gasteiger partial charge in [0.2, 0.25) is 0 Å². The third-order valence-corrected chi connectivity index (χ3v) is 1.72. The maximum atomic E-state index is 4.84. The fourth-order valence-electron chi connectivity index (χ4n) is 1.18. The average Bonchev–Trinajstić information content (AvgIpc) is 2.03. The molecule has 0 amide bonds. The number of nitrogens with zero attached hydrogens (tertiary/aromatic N) is 1. The Morgan fingerprint density at radius 2 is 2.00 bits per heavy atom. The second kappa shape index (κ2) is 4.31. The second-order valence-corrected chi connectivity index (χ2v) is 2.56. The molecule has 0 heterocycles. The highest BCUT2D eigenvalue weighted by atomic mass is 16.6. The van der Waals surface area contributed by atoms with Crippen molar-refractivity contribution in [2.45, 2.75) is 39.0 Å². The van der Waals surface area contributed by atoms with Gasteiger partial charge in [-0.25, -0.2) is 0 Å². The molecule has 0 aliphatic heterocycles. The van der Waals surface area contributed by atoms with E-state index >= 15 is 0 Å². The molecule has 0 bridgehead atoms. The molecule has 57 valence electrons. The van der Waals surface area contributed by atoms with Crippen molar-refractivity contribution >= 4 is 5.71 Å². The molecule has 1 rings (SSSR count). The first-order valence-electron chi connectivity index (χ1n) is 3.93. The number of oxime groups is 1. The molecule has 1 fully saturated rings. The van der Waals surface area contributed by atoms with Gasteiger partial charge in [-0.1, -0.05) is 11.6 Å². The van der Waals surface area contributed by atoms with E-state index < -0.39 is 0 Å². The SMILES string of the molecule is C[CH]ON=C1CCCCC1. The van der Waals surface area contributed by atoms with E-state index in [0.717, 1.165) is 12.8 Å². The minimum atomic E-state index is 1.13. The molecule has 0 aromatic rings. The van der Waals surface area contributed by atoms with E-state index in [4.69, 9.17) is 4.84 Å². The van der Waals surface area contributed by atoms with Gasteiger partial charge in [0.25, 0.3) is 0 Å². The van der Waals surface area contributed by atoms with Gasteiger partial charge in [-0.05, 0) is 32.6 Å². The standard InChI is InChI=1S/C8H14NO/c1-2-10-9-8-6-4-3-5-7-8/h2H,3-7H2,1H3. The fourth-order valence-corrected chi connectivity index (χ4v) is 1.18. The molecule has 1 saturated carbocycles. The summed E-state index contributed by atoms with van der Waals surface area (Å²) in [6.07, 6.45) is 6.19. The van der Waals surface area contributed by atoms with E-state index in [1.807, 2.05) is 6.92 Å². The summed E-state index contributed by atoms with van der Waals surface area (Å²) in [5.74, 6) is 0. The molecule has 1 aliphatic rings. The van der Waals surface area contributed by atoms with Crippen molar-refractivity contribution in [1.82, 2.24) is 0 Å². The highest BCUT2D eigenvalue weighted by Gasteiger charge is 2.06. The lowest BCUT2D eigenvalue weighted by Crippen LogP contribution is -2.04. The van der Waals surface area contributed by atoms with Crippen LogP contribution in [0.25, 0.3) is 0 Å². The molecule has 0 aromatic heterocycles. The molecule has 1 radical (unpaired) electrons. The van der Waals surface area contributed by atoms with Crippen molar-refractivity contribution in [3.63, 3.8) is 0 Å². The van der Waals surface area contributed by atoms with Gasteiger partial charge in [-0.2, -0.15) is 0 Å². The Labute approximate surface area is 62.3 Å². The van der Waals surface area contributed by atoms with Gasteiger partial charge < -0.3 is 4.84 Å². The van der Waals surface area contributed by atoms with Crippen molar-refractivity contribution in [3.05, 3.63) is 6.61 Å². The van der Waals surface area contributed by atoms with Gasteiger partial charge in [-0.3, -0.25) is 0 Å². The van der Waals surface area contributed by atoms with Crippen LogP contribution in [-0.2, 0) is 4.84 Å².